The third-order valence-electron chi connectivity index (χ3n) is 5.78. The Labute approximate surface area is 167 Å². The molecular formula is C21H24BrNO4. The van der Waals surface area contributed by atoms with Gasteiger partial charge in [0.05, 0.1) is 31.2 Å². The van der Waals surface area contributed by atoms with Crippen molar-refractivity contribution >= 4 is 27.8 Å². The van der Waals surface area contributed by atoms with Gasteiger partial charge in [-0.1, -0.05) is 54.1 Å². The van der Waals surface area contributed by atoms with Crippen molar-refractivity contribution < 1.29 is 19.1 Å². The Morgan fingerprint density at radius 1 is 1.33 bits per heavy atom. The lowest BCUT2D eigenvalue weighted by molar-refractivity contribution is -0.155. The molecule has 0 N–H and O–H groups in total. The number of esters is 1. The Hall–Kier alpha value is -1.66. The second-order valence-corrected chi connectivity index (χ2v) is 9.03. The molecule has 3 aliphatic rings. The van der Waals surface area contributed by atoms with Crippen molar-refractivity contribution in [1.82, 2.24) is 4.90 Å². The predicted molar refractivity (Wildman–Crippen MR) is 104 cm³/mol. The zero-order chi connectivity index (χ0) is 19.3. The van der Waals surface area contributed by atoms with E-state index in [-0.39, 0.29) is 29.9 Å². The van der Waals surface area contributed by atoms with Crippen LogP contribution in [0.3, 0.4) is 0 Å². The molecule has 1 aromatic carbocycles. The van der Waals surface area contributed by atoms with E-state index in [0.29, 0.717) is 13.2 Å². The van der Waals surface area contributed by atoms with Crippen LogP contribution >= 0.6 is 15.9 Å². The Morgan fingerprint density at radius 2 is 2.04 bits per heavy atom. The number of carbonyl (C=O) groups is 2. The Balaban J connectivity index is 1.57. The molecule has 2 bridgehead atoms. The molecule has 1 spiro atoms. The predicted octanol–water partition coefficient (Wildman–Crippen LogP) is 3.49. The largest absolute Gasteiger partial charge is 0.465 e. The van der Waals surface area contributed by atoms with Gasteiger partial charge in [-0.2, -0.15) is 0 Å². The number of amides is 1. The van der Waals surface area contributed by atoms with Crippen LogP contribution in [0.5, 0.6) is 0 Å². The molecule has 144 valence electrons. The van der Waals surface area contributed by atoms with Crippen LogP contribution in [0, 0.1) is 17.8 Å². The lowest BCUT2D eigenvalue weighted by Gasteiger charge is -2.27. The van der Waals surface area contributed by atoms with E-state index in [4.69, 9.17) is 9.47 Å². The van der Waals surface area contributed by atoms with Crippen molar-refractivity contribution in [3.05, 3.63) is 46.5 Å². The van der Waals surface area contributed by atoms with Crippen molar-refractivity contribution in [1.29, 1.82) is 0 Å². The van der Waals surface area contributed by atoms with Gasteiger partial charge in [-0.15, -0.1) is 0 Å². The van der Waals surface area contributed by atoms with Gasteiger partial charge in [0.2, 0.25) is 5.91 Å². The maximum Gasteiger partial charge on any atom is 0.312 e. The Kier molecular flexibility index (Phi) is 4.67. The summed E-state index contributed by atoms with van der Waals surface area (Å²) in [6, 6.07) is 7.88. The average molecular weight is 434 g/mol. The van der Waals surface area contributed by atoms with Crippen LogP contribution < -0.4 is 0 Å². The second-order valence-electron chi connectivity index (χ2n) is 8.12. The summed E-state index contributed by atoms with van der Waals surface area (Å²) in [6.07, 6.45) is 3.53. The fraction of sp³-hybridized carbons (Fsp3) is 0.524. The monoisotopic (exact) mass is 433 g/mol. The smallest absolute Gasteiger partial charge is 0.312 e. The average Bonchev–Trinajstić information content (AvgIpc) is 3.28. The number of carbonyl (C=O) groups excluding carboxylic acids is 2. The number of hydrogen-bond acceptors (Lipinski definition) is 4. The summed E-state index contributed by atoms with van der Waals surface area (Å²) in [5.74, 6) is -1.14. The number of likely N-dealkylation sites (tertiary alicyclic amines) is 1. The van der Waals surface area contributed by atoms with Gasteiger partial charge in [-0.3, -0.25) is 9.59 Å². The fourth-order valence-electron chi connectivity index (χ4n) is 4.39. The summed E-state index contributed by atoms with van der Waals surface area (Å²) < 4.78 is 12.6. The first-order chi connectivity index (χ1) is 12.8. The molecule has 3 heterocycles. The molecule has 0 radical (unpaired) electrons. The summed E-state index contributed by atoms with van der Waals surface area (Å²) in [5, 5.41) is 0. The van der Waals surface area contributed by atoms with E-state index in [9.17, 15) is 9.59 Å². The second kappa shape index (κ2) is 6.74. The highest BCUT2D eigenvalue weighted by Gasteiger charge is 2.67. The van der Waals surface area contributed by atoms with Crippen molar-refractivity contribution in [2.75, 3.05) is 13.2 Å². The van der Waals surface area contributed by atoms with E-state index in [0.717, 1.165) is 10.0 Å². The highest BCUT2D eigenvalue weighted by molar-refractivity contribution is 9.10. The van der Waals surface area contributed by atoms with Crippen LogP contribution in [-0.4, -0.2) is 41.6 Å². The van der Waals surface area contributed by atoms with Crippen molar-refractivity contribution in [2.45, 2.75) is 38.5 Å². The van der Waals surface area contributed by atoms with Crippen LogP contribution in [0.15, 0.2) is 40.9 Å². The first kappa shape index (κ1) is 18.7. The van der Waals surface area contributed by atoms with E-state index in [1.54, 1.807) is 0 Å². The van der Waals surface area contributed by atoms with E-state index < -0.39 is 17.4 Å². The molecular weight excluding hydrogens is 410 g/mol. The molecule has 0 aromatic heterocycles. The van der Waals surface area contributed by atoms with Crippen LogP contribution in [0.2, 0.25) is 0 Å². The molecule has 3 aliphatic heterocycles. The molecule has 0 saturated carbocycles. The number of ether oxygens (including phenoxy) is 2. The van der Waals surface area contributed by atoms with Crippen LogP contribution in [0.4, 0.5) is 0 Å². The van der Waals surface area contributed by atoms with Crippen LogP contribution in [0.25, 0.3) is 0 Å². The number of rotatable bonds is 5. The van der Waals surface area contributed by atoms with Crippen LogP contribution in [-0.2, 0) is 19.1 Å². The van der Waals surface area contributed by atoms with Gasteiger partial charge in [0.1, 0.15) is 11.5 Å². The van der Waals surface area contributed by atoms with E-state index in [1.807, 2.05) is 62.1 Å². The fourth-order valence-corrected chi connectivity index (χ4v) is 4.66. The van der Waals surface area contributed by atoms with Crippen molar-refractivity contribution in [3.63, 3.8) is 0 Å². The van der Waals surface area contributed by atoms with Gasteiger partial charge in [-0.25, -0.2) is 0 Å². The third kappa shape index (κ3) is 3.03. The molecule has 2 fully saturated rings. The number of hydrogen-bond donors (Lipinski definition) is 0. The van der Waals surface area contributed by atoms with Crippen molar-refractivity contribution in [2.24, 2.45) is 17.8 Å². The zero-order valence-electron chi connectivity index (χ0n) is 15.7. The quantitative estimate of drug-likeness (QED) is 0.526. The highest BCUT2D eigenvalue weighted by atomic mass is 79.9. The molecule has 4 rings (SSSR count). The molecule has 0 aliphatic carbocycles. The van der Waals surface area contributed by atoms with Gasteiger partial charge in [0, 0.05) is 4.47 Å². The van der Waals surface area contributed by atoms with Gasteiger partial charge < -0.3 is 14.4 Å². The molecule has 1 aromatic rings. The highest BCUT2D eigenvalue weighted by Crippen LogP contribution is 2.53. The molecule has 0 unspecified atom stereocenters. The number of fused-ring (bicyclic) bond motifs is 1. The number of nitrogens with zero attached hydrogens (tertiary/aromatic N) is 1. The first-order valence-corrected chi connectivity index (χ1v) is 10.2. The van der Waals surface area contributed by atoms with Gasteiger partial charge in [-0.05, 0) is 30.5 Å². The van der Waals surface area contributed by atoms with E-state index in [2.05, 4.69) is 15.9 Å². The molecule has 6 heteroatoms. The molecule has 5 atom stereocenters. The summed E-state index contributed by atoms with van der Waals surface area (Å²) >= 11 is 3.44. The minimum absolute atomic E-state index is 0.0243. The number of benzene rings is 1. The summed E-state index contributed by atoms with van der Waals surface area (Å²) in [7, 11) is 0. The maximum atomic E-state index is 13.3. The lowest BCUT2D eigenvalue weighted by atomic mass is 9.77. The van der Waals surface area contributed by atoms with Gasteiger partial charge in [0.25, 0.3) is 0 Å². The van der Waals surface area contributed by atoms with Gasteiger partial charge in [0.15, 0.2) is 0 Å². The number of halogens is 1. The third-order valence-corrected chi connectivity index (χ3v) is 6.31. The van der Waals surface area contributed by atoms with Crippen molar-refractivity contribution in [3.8, 4) is 0 Å². The summed E-state index contributed by atoms with van der Waals surface area (Å²) in [5.41, 5.74) is 0.354. The summed E-state index contributed by atoms with van der Waals surface area (Å²) in [4.78, 5) is 27.8. The topological polar surface area (TPSA) is 55.8 Å². The minimum atomic E-state index is -0.701. The SMILES string of the molecule is CC(C)COC(=O)[C@@H]1[C@H]2C=C[C@@]3(CN([C@H](C)c4ccc(Br)cc4)C(=O)[C@@H]13)O2. The van der Waals surface area contributed by atoms with Gasteiger partial charge >= 0.3 is 5.97 Å². The zero-order valence-corrected chi connectivity index (χ0v) is 17.3. The summed E-state index contributed by atoms with van der Waals surface area (Å²) in [6.45, 7) is 6.83. The molecule has 1 amide bonds. The molecule has 27 heavy (non-hydrogen) atoms. The lowest BCUT2D eigenvalue weighted by Crippen LogP contribution is -2.40. The van der Waals surface area contributed by atoms with Crippen LogP contribution in [0.1, 0.15) is 32.4 Å². The Bertz CT molecular complexity index is 790. The first-order valence-electron chi connectivity index (χ1n) is 9.42. The standard InChI is InChI=1S/C21H24BrNO4/c1-12(2)10-26-20(25)17-16-8-9-21(27-16)11-23(19(24)18(17)21)13(3)14-4-6-15(22)7-5-14/h4-9,12-13,16-18H,10-11H2,1-3H3/t13-,16-,17-,18-,21+/m1/s1. The molecule has 5 nitrogen and oxygen atoms in total. The normalized spacial score (nSPS) is 32.3. The minimum Gasteiger partial charge on any atom is -0.465 e. The molecule has 2 saturated heterocycles. The maximum absolute atomic E-state index is 13.3. The van der Waals surface area contributed by atoms with E-state index >= 15 is 0 Å². The Morgan fingerprint density at radius 3 is 2.70 bits per heavy atom. The van der Waals surface area contributed by atoms with E-state index in [1.165, 1.54) is 0 Å².